The van der Waals surface area contributed by atoms with Crippen molar-refractivity contribution in [3.8, 4) is 10.1 Å². The van der Waals surface area contributed by atoms with Crippen LogP contribution in [0.1, 0.15) is 15.9 Å². The molecule has 4 heteroatoms. The topological polar surface area (TPSA) is 17.1 Å². The Morgan fingerprint density at radius 3 is 1.51 bits per heavy atom. The molecule has 0 unspecified atom stereocenters. The van der Waals surface area contributed by atoms with Crippen LogP contribution in [-0.4, -0.2) is 5.12 Å². The number of carbonyl (C=O) groups excluding carboxylic acids is 1. The van der Waals surface area contributed by atoms with Gasteiger partial charge < -0.3 is 0 Å². The Labute approximate surface area is 237 Å². The van der Waals surface area contributed by atoms with Crippen LogP contribution in [0.5, 0.6) is 0 Å². The molecule has 0 radical (unpaired) electrons. The summed E-state index contributed by atoms with van der Waals surface area (Å²) >= 11 is 3.39. The first-order valence-electron chi connectivity index (χ1n) is 11.6. The third-order valence-electron chi connectivity index (χ3n) is 5.28. The quantitative estimate of drug-likeness (QED) is 0.0860. The normalized spacial score (nSPS) is 10.0. The van der Waals surface area contributed by atoms with Crippen molar-refractivity contribution in [3.05, 3.63) is 157 Å². The van der Waals surface area contributed by atoms with E-state index >= 15 is 0 Å². The van der Waals surface area contributed by atoms with Crippen molar-refractivity contribution in [3.63, 3.8) is 0 Å². The summed E-state index contributed by atoms with van der Waals surface area (Å²) in [7, 11) is -0.446. The number of benzene rings is 5. The molecular formula is C33H24AuOPS. The SMILES string of the molecule is O=C(Sc1ccccc1)c1cccc(C#[C][Au])c1.c1ccc(P(c2ccccc2)c2ccccc2)cc1. The van der Waals surface area contributed by atoms with Gasteiger partial charge in [-0.05, 0) is 23.8 Å². The van der Waals surface area contributed by atoms with Gasteiger partial charge in [-0.15, -0.1) is 0 Å². The molecule has 0 aromatic heterocycles. The van der Waals surface area contributed by atoms with E-state index in [1.165, 1.54) is 27.7 Å². The van der Waals surface area contributed by atoms with Crippen molar-refractivity contribution in [2.75, 3.05) is 0 Å². The van der Waals surface area contributed by atoms with Gasteiger partial charge in [0.05, 0.1) is 0 Å². The first-order valence-corrected chi connectivity index (χ1v) is 14.9. The summed E-state index contributed by atoms with van der Waals surface area (Å²) in [6.45, 7) is 0. The monoisotopic (exact) mass is 696 g/mol. The standard InChI is InChI=1S/C18H15P.C15H9OS.Au/c1-4-10-16(11-5-1)19(17-12-6-2-7-13-17)18-14-8-3-9-15-18;1-2-12-7-6-8-13(11-12)15(16)17-14-9-4-3-5-10-14;/h1-15H;3-11H;. The number of thioether (sulfide) groups is 1. The molecule has 1 nitrogen and oxygen atoms in total. The van der Waals surface area contributed by atoms with Crippen molar-refractivity contribution in [1.82, 2.24) is 0 Å². The minimum absolute atomic E-state index is 0.0380. The molecule has 5 rings (SSSR count). The van der Waals surface area contributed by atoms with Crippen LogP contribution in [0.3, 0.4) is 0 Å². The molecule has 184 valence electrons. The molecular weight excluding hydrogens is 672 g/mol. The average Bonchev–Trinajstić information content (AvgIpc) is 2.96. The van der Waals surface area contributed by atoms with Gasteiger partial charge in [0.15, 0.2) is 0 Å². The largest absolute Gasteiger partial charge is 0.0622 e. The Kier molecular flexibility index (Phi) is 10.6. The van der Waals surface area contributed by atoms with Gasteiger partial charge in [0.25, 0.3) is 0 Å². The van der Waals surface area contributed by atoms with Crippen molar-refractivity contribution >= 4 is 40.7 Å². The van der Waals surface area contributed by atoms with E-state index in [1.807, 2.05) is 54.6 Å². The Morgan fingerprint density at radius 2 is 1.05 bits per heavy atom. The molecule has 0 aliphatic heterocycles. The van der Waals surface area contributed by atoms with Crippen molar-refractivity contribution < 1.29 is 25.9 Å². The third kappa shape index (κ3) is 8.17. The van der Waals surface area contributed by atoms with Gasteiger partial charge in [0, 0.05) is 0 Å². The molecule has 5 aromatic rings. The minimum atomic E-state index is -0.446. The summed E-state index contributed by atoms with van der Waals surface area (Å²) in [5.74, 6) is 2.93. The van der Waals surface area contributed by atoms with E-state index in [0.717, 1.165) is 10.5 Å². The summed E-state index contributed by atoms with van der Waals surface area (Å²) < 4.78 is 2.78. The van der Waals surface area contributed by atoms with Crippen molar-refractivity contribution in [2.45, 2.75) is 4.90 Å². The van der Waals surface area contributed by atoms with Gasteiger partial charge in [0.2, 0.25) is 0 Å². The molecule has 5 aromatic carbocycles. The van der Waals surface area contributed by atoms with E-state index in [1.54, 1.807) is 0 Å². The van der Waals surface area contributed by atoms with E-state index in [9.17, 15) is 4.79 Å². The van der Waals surface area contributed by atoms with E-state index in [-0.39, 0.29) is 5.12 Å². The molecule has 0 saturated carbocycles. The molecule has 0 aliphatic rings. The molecule has 0 fully saturated rings. The fourth-order valence-corrected chi connectivity index (χ4v) is 6.97. The summed E-state index contributed by atoms with van der Waals surface area (Å²) in [5.41, 5.74) is 1.54. The van der Waals surface area contributed by atoms with Crippen LogP contribution < -0.4 is 15.9 Å². The fourth-order valence-electron chi connectivity index (χ4n) is 3.60. The van der Waals surface area contributed by atoms with Crippen LogP contribution in [0, 0.1) is 10.1 Å². The zero-order valence-corrected chi connectivity index (χ0v) is 23.8. The molecule has 0 atom stereocenters. The van der Waals surface area contributed by atoms with Crippen molar-refractivity contribution in [2.24, 2.45) is 0 Å². The number of rotatable bonds is 5. The molecule has 0 saturated heterocycles. The number of hydrogen-bond donors (Lipinski definition) is 0. The first-order chi connectivity index (χ1) is 18.2. The second-order valence-corrected chi connectivity index (χ2v) is 11.6. The van der Waals surface area contributed by atoms with Crippen LogP contribution in [0.25, 0.3) is 0 Å². The Hall–Kier alpha value is -3.15. The summed E-state index contributed by atoms with van der Waals surface area (Å²) in [4.78, 5) is 13.0. The molecule has 0 spiro atoms. The Morgan fingerprint density at radius 1 is 0.595 bits per heavy atom. The fraction of sp³-hybridized carbons (Fsp3) is 0. The Balaban J connectivity index is 0.000000173. The average molecular weight is 697 g/mol. The maximum absolute atomic E-state index is 12.1. The van der Waals surface area contributed by atoms with E-state index in [4.69, 9.17) is 0 Å². The zero-order chi connectivity index (χ0) is 25.7. The number of hydrogen-bond acceptors (Lipinski definition) is 2. The maximum atomic E-state index is 12.1. The predicted octanol–water partition coefficient (Wildman–Crippen LogP) is 6.92. The van der Waals surface area contributed by atoms with Crippen LogP contribution in [0.2, 0.25) is 0 Å². The van der Waals surface area contributed by atoms with Crippen LogP contribution in [0.4, 0.5) is 0 Å². The predicted molar refractivity (Wildman–Crippen MR) is 155 cm³/mol. The second-order valence-electron chi connectivity index (χ2n) is 7.83. The minimum Gasteiger partial charge on any atom is -0.0622 e. The molecule has 0 N–H and O–H groups in total. The van der Waals surface area contributed by atoms with Gasteiger partial charge in [-0.3, -0.25) is 0 Å². The van der Waals surface area contributed by atoms with Gasteiger partial charge in [0.1, 0.15) is 0 Å². The number of carbonyl (C=O) groups is 1. The van der Waals surface area contributed by atoms with E-state index < -0.39 is 7.92 Å². The van der Waals surface area contributed by atoms with Crippen molar-refractivity contribution in [1.29, 1.82) is 0 Å². The molecule has 0 heterocycles. The van der Waals surface area contributed by atoms with Crippen LogP contribution in [0.15, 0.2) is 150 Å². The van der Waals surface area contributed by atoms with Gasteiger partial charge in [-0.2, -0.15) is 0 Å². The molecule has 37 heavy (non-hydrogen) atoms. The zero-order valence-electron chi connectivity index (χ0n) is 19.9. The van der Waals surface area contributed by atoms with Gasteiger partial charge in [-0.25, -0.2) is 0 Å². The third-order valence-corrected chi connectivity index (χ3v) is 8.92. The Bertz CT molecular complexity index is 1370. The summed E-state index contributed by atoms with van der Waals surface area (Å²) in [6, 6.07) is 49.3. The first kappa shape index (κ1) is 26.9. The van der Waals surface area contributed by atoms with Crippen LogP contribution in [-0.2, 0) is 21.1 Å². The molecule has 0 amide bonds. The second kappa shape index (κ2) is 14.6. The summed E-state index contributed by atoms with van der Waals surface area (Å²) in [6.07, 6.45) is 0. The smallest absolute Gasteiger partial charge is 0.0134 e. The van der Waals surface area contributed by atoms with Gasteiger partial charge >= 0.3 is 123 Å². The van der Waals surface area contributed by atoms with E-state index in [2.05, 4.69) is 122 Å². The van der Waals surface area contributed by atoms with E-state index in [0.29, 0.717) is 5.56 Å². The summed E-state index contributed by atoms with van der Waals surface area (Å²) in [5, 5.41) is 4.23. The molecule has 0 aliphatic carbocycles. The van der Waals surface area contributed by atoms with Crippen LogP contribution >= 0.6 is 19.7 Å². The molecule has 0 bridgehead atoms. The maximum Gasteiger partial charge on any atom is -0.0134 e. The van der Waals surface area contributed by atoms with Gasteiger partial charge in [-0.1, -0.05) is 91.0 Å².